The number of hydrogen-bond acceptors (Lipinski definition) is 4. The summed E-state index contributed by atoms with van der Waals surface area (Å²) in [5.74, 6) is -1.32. The highest BCUT2D eigenvalue weighted by atomic mass is 35.5. The molecule has 0 aliphatic heterocycles. The average Bonchev–Trinajstić information content (AvgIpc) is 2.88. The van der Waals surface area contributed by atoms with Crippen LogP contribution in [0.3, 0.4) is 0 Å². The second kappa shape index (κ2) is 6.40. The number of thiophene rings is 1. The lowest BCUT2D eigenvalue weighted by Gasteiger charge is -2.08. The summed E-state index contributed by atoms with van der Waals surface area (Å²) in [5, 5.41) is 13.5. The first-order valence-electron chi connectivity index (χ1n) is 5.56. The zero-order valence-corrected chi connectivity index (χ0v) is 11.7. The molecule has 0 atom stereocenters. The van der Waals surface area contributed by atoms with Gasteiger partial charge in [-0.15, -0.1) is 11.3 Å². The zero-order valence-electron chi connectivity index (χ0n) is 10.1. The molecule has 0 aliphatic rings. The van der Waals surface area contributed by atoms with Gasteiger partial charge in [0.1, 0.15) is 5.75 Å². The Morgan fingerprint density at radius 3 is 2.75 bits per heavy atom. The quantitative estimate of drug-likeness (QED) is 0.889. The van der Waals surface area contributed by atoms with Gasteiger partial charge in [0.05, 0.1) is 10.7 Å². The average molecular weight is 312 g/mol. The van der Waals surface area contributed by atoms with Crippen LogP contribution in [0.15, 0.2) is 35.7 Å². The predicted molar refractivity (Wildman–Crippen MR) is 76.9 cm³/mol. The van der Waals surface area contributed by atoms with Gasteiger partial charge in [0.25, 0.3) is 5.91 Å². The third kappa shape index (κ3) is 3.49. The summed E-state index contributed by atoms with van der Waals surface area (Å²) in [5.41, 5.74) is 0.478. The van der Waals surface area contributed by atoms with Crippen molar-refractivity contribution in [3.63, 3.8) is 0 Å². The van der Waals surface area contributed by atoms with Gasteiger partial charge >= 0.3 is 5.97 Å². The number of nitrogens with one attached hydrogen (secondary N) is 1. The third-order valence-corrected chi connectivity index (χ3v) is 3.54. The molecule has 104 valence electrons. The molecular weight excluding hydrogens is 302 g/mol. The Morgan fingerprint density at radius 2 is 2.05 bits per heavy atom. The van der Waals surface area contributed by atoms with Crippen LogP contribution in [0, 0.1) is 0 Å². The van der Waals surface area contributed by atoms with Gasteiger partial charge in [-0.2, -0.15) is 0 Å². The second-order valence-corrected chi connectivity index (χ2v) is 5.06. The lowest BCUT2D eigenvalue weighted by atomic mass is 10.3. The van der Waals surface area contributed by atoms with Gasteiger partial charge in [-0.25, -0.2) is 4.79 Å². The van der Waals surface area contributed by atoms with E-state index in [1.165, 1.54) is 6.07 Å². The standard InChI is InChI=1S/C13H10ClNO4S/c14-8-3-1-2-4-9(8)15-11(16)7-19-10-5-6-20-12(10)13(17)18/h1-6H,7H2,(H,15,16)(H,17,18). The fourth-order valence-electron chi connectivity index (χ4n) is 1.46. The number of carbonyl (C=O) groups is 2. The Morgan fingerprint density at radius 1 is 1.30 bits per heavy atom. The van der Waals surface area contributed by atoms with Gasteiger partial charge in [0.2, 0.25) is 0 Å². The van der Waals surface area contributed by atoms with E-state index in [4.69, 9.17) is 21.4 Å². The maximum atomic E-state index is 11.7. The molecule has 5 nitrogen and oxygen atoms in total. The second-order valence-electron chi connectivity index (χ2n) is 3.74. The first kappa shape index (κ1) is 14.4. The molecule has 1 aromatic carbocycles. The van der Waals surface area contributed by atoms with Crippen LogP contribution in [-0.4, -0.2) is 23.6 Å². The SMILES string of the molecule is O=C(COc1ccsc1C(=O)O)Nc1ccccc1Cl. The summed E-state index contributed by atoms with van der Waals surface area (Å²) < 4.78 is 5.19. The van der Waals surface area contributed by atoms with Crippen molar-refractivity contribution in [2.24, 2.45) is 0 Å². The van der Waals surface area contributed by atoms with Gasteiger partial charge in [0.15, 0.2) is 11.5 Å². The fraction of sp³-hybridized carbons (Fsp3) is 0.0769. The molecule has 0 aliphatic carbocycles. The van der Waals surface area contributed by atoms with Crippen molar-refractivity contribution < 1.29 is 19.4 Å². The summed E-state index contributed by atoms with van der Waals surface area (Å²) in [6, 6.07) is 8.31. The van der Waals surface area contributed by atoms with E-state index in [1.54, 1.807) is 29.6 Å². The molecule has 0 saturated carbocycles. The van der Waals surface area contributed by atoms with Crippen LogP contribution in [0.25, 0.3) is 0 Å². The fourth-order valence-corrected chi connectivity index (χ4v) is 2.31. The van der Waals surface area contributed by atoms with E-state index in [0.29, 0.717) is 10.7 Å². The van der Waals surface area contributed by atoms with Gasteiger partial charge in [-0.05, 0) is 23.6 Å². The first-order chi connectivity index (χ1) is 9.58. The highest BCUT2D eigenvalue weighted by molar-refractivity contribution is 7.12. The highest BCUT2D eigenvalue weighted by Gasteiger charge is 2.14. The number of halogens is 1. The molecule has 0 radical (unpaired) electrons. The van der Waals surface area contributed by atoms with E-state index < -0.39 is 11.9 Å². The van der Waals surface area contributed by atoms with Crippen molar-refractivity contribution in [2.45, 2.75) is 0 Å². The van der Waals surface area contributed by atoms with Crippen LogP contribution >= 0.6 is 22.9 Å². The molecule has 0 spiro atoms. The number of rotatable bonds is 5. The maximum Gasteiger partial charge on any atom is 0.349 e. The van der Waals surface area contributed by atoms with E-state index in [2.05, 4.69) is 5.32 Å². The van der Waals surface area contributed by atoms with E-state index in [9.17, 15) is 9.59 Å². The Bertz CT molecular complexity index is 641. The lowest BCUT2D eigenvalue weighted by Crippen LogP contribution is -2.20. The topological polar surface area (TPSA) is 75.6 Å². The van der Waals surface area contributed by atoms with E-state index in [0.717, 1.165) is 11.3 Å². The monoisotopic (exact) mass is 311 g/mol. The summed E-state index contributed by atoms with van der Waals surface area (Å²) in [6.07, 6.45) is 0. The van der Waals surface area contributed by atoms with Crippen molar-refractivity contribution in [1.29, 1.82) is 0 Å². The molecule has 20 heavy (non-hydrogen) atoms. The molecule has 0 unspecified atom stereocenters. The van der Waals surface area contributed by atoms with Crippen molar-refractivity contribution in [3.05, 3.63) is 45.6 Å². The van der Waals surface area contributed by atoms with Gasteiger partial charge in [-0.1, -0.05) is 23.7 Å². The summed E-state index contributed by atoms with van der Waals surface area (Å²) in [6.45, 7) is -0.289. The zero-order chi connectivity index (χ0) is 14.5. The molecular formula is C13H10ClNO4S. The molecule has 2 N–H and O–H groups in total. The first-order valence-corrected chi connectivity index (χ1v) is 6.81. The number of anilines is 1. The van der Waals surface area contributed by atoms with Crippen molar-refractivity contribution in [1.82, 2.24) is 0 Å². The van der Waals surface area contributed by atoms with Crippen molar-refractivity contribution in [3.8, 4) is 5.75 Å². The van der Waals surface area contributed by atoms with E-state index in [1.807, 2.05) is 0 Å². The van der Waals surface area contributed by atoms with Gasteiger partial charge < -0.3 is 15.2 Å². The van der Waals surface area contributed by atoms with Crippen LogP contribution in [0.5, 0.6) is 5.75 Å². The Balaban J connectivity index is 1.94. The maximum absolute atomic E-state index is 11.7. The minimum atomic E-state index is -1.08. The van der Waals surface area contributed by atoms with Crippen molar-refractivity contribution >= 4 is 40.5 Å². The molecule has 2 aromatic rings. The molecule has 1 amide bonds. The Labute approximate surface area is 123 Å². The van der Waals surface area contributed by atoms with Crippen molar-refractivity contribution in [2.75, 3.05) is 11.9 Å². The largest absolute Gasteiger partial charge is 0.482 e. The molecule has 0 fully saturated rings. The minimum Gasteiger partial charge on any atom is -0.482 e. The van der Waals surface area contributed by atoms with E-state index >= 15 is 0 Å². The number of hydrogen-bond donors (Lipinski definition) is 2. The molecule has 1 heterocycles. The number of carbonyl (C=O) groups excluding carboxylic acids is 1. The Kier molecular flexibility index (Phi) is 4.60. The predicted octanol–water partition coefficient (Wildman–Crippen LogP) is 3.12. The molecule has 0 bridgehead atoms. The summed E-state index contributed by atoms with van der Waals surface area (Å²) >= 11 is 6.94. The van der Waals surface area contributed by atoms with Crippen LogP contribution in [-0.2, 0) is 4.79 Å². The molecule has 2 rings (SSSR count). The number of carboxylic acids is 1. The minimum absolute atomic E-state index is 0.0653. The number of para-hydroxylation sites is 1. The number of benzene rings is 1. The Hall–Kier alpha value is -2.05. The lowest BCUT2D eigenvalue weighted by molar-refractivity contribution is -0.118. The number of amides is 1. The van der Waals surface area contributed by atoms with E-state index in [-0.39, 0.29) is 17.2 Å². The molecule has 0 saturated heterocycles. The van der Waals surface area contributed by atoms with Gasteiger partial charge in [0, 0.05) is 0 Å². The third-order valence-electron chi connectivity index (χ3n) is 2.33. The summed E-state index contributed by atoms with van der Waals surface area (Å²) in [4.78, 5) is 22.6. The number of carboxylic acid groups (broad SMARTS) is 1. The van der Waals surface area contributed by atoms with Crippen LogP contribution < -0.4 is 10.1 Å². The summed E-state index contributed by atoms with van der Waals surface area (Å²) in [7, 11) is 0. The number of ether oxygens (including phenoxy) is 1. The van der Waals surface area contributed by atoms with Crippen LogP contribution in [0.1, 0.15) is 9.67 Å². The number of aromatic carboxylic acids is 1. The smallest absolute Gasteiger partial charge is 0.349 e. The van der Waals surface area contributed by atoms with Gasteiger partial charge in [-0.3, -0.25) is 4.79 Å². The molecule has 1 aromatic heterocycles. The van der Waals surface area contributed by atoms with Crippen LogP contribution in [0.2, 0.25) is 5.02 Å². The normalized spacial score (nSPS) is 10.1. The highest BCUT2D eigenvalue weighted by Crippen LogP contribution is 2.25. The van der Waals surface area contributed by atoms with Crippen LogP contribution in [0.4, 0.5) is 5.69 Å². The molecule has 7 heteroatoms.